The number of hydrogen-bond acceptors (Lipinski definition) is 3. The van der Waals surface area contributed by atoms with Gasteiger partial charge in [0.2, 0.25) is 0 Å². The molecule has 1 N–H and O–H groups in total. The molecule has 0 aliphatic carbocycles. The van der Waals surface area contributed by atoms with Crippen molar-refractivity contribution < 1.29 is 9.53 Å². The number of nitriles is 1. The summed E-state index contributed by atoms with van der Waals surface area (Å²) < 4.78 is 5.36. The molecule has 0 aliphatic heterocycles. The van der Waals surface area contributed by atoms with E-state index in [1.165, 1.54) is 5.56 Å². The van der Waals surface area contributed by atoms with Gasteiger partial charge in [-0.25, -0.2) is 0 Å². The highest BCUT2D eigenvalue weighted by Gasteiger charge is 2.06. The number of carbonyl (C=O) groups is 1. The van der Waals surface area contributed by atoms with E-state index in [1.807, 2.05) is 37.3 Å². The van der Waals surface area contributed by atoms with Gasteiger partial charge in [0.1, 0.15) is 11.8 Å². The normalized spacial score (nSPS) is 9.71. The summed E-state index contributed by atoms with van der Waals surface area (Å²) in [4.78, 5) is 11.7. The van der Waals surface area contributed by atoms with Gasteiger partial charge in [-0.2, -0.15) is 5.26 Å². The van der Waals surface area contributed by atoms with Crippen LogP contribution in [-0.2, 0) is 11.3 Å². The molecule has 0 aliphatic rings. The summed E-state index contributed by atoms with van der Waals surface area (Å²) >= 11 is 0. The smallest absolute Gasteiger partial charge is 0.258 e. The van der Waals surface area contributed by atoms with Gasteiger partial charge in [0.05, 0.1) is 5.56 Å². The first-order valence-electron chi connectivity index (χ1n) is 6.63. The summed E-state index contributed by atoms with van der Waals surface area (Å²) in [6.45, 7) is 2.37. The van der Waals surface area contributed by atoms with Crippen LogP contribution in [0.3, 0.4) is 0 Å². The highest BCUT2D eigenvalue weighted by atomic mass is 16.5. The molecule has 0 atom stereocenters. The van der Waals surface area contributed by atoms with Gasteiger partial charge in [-0.3, -0.25) is 4.79 Å². The molecule has 4 heteroatoms. The minimum absolute atomic E-state index is 0.107. The van der Waals surface area contributed by atoms with Gasteiger partial charge < -0.3 is 10.1 Å². The second-order valence-corrected chi connectivity index (χ2v) is 4.66. The summed E-state index contributed by atoms with van der Waals surface area (Å²) in [5.41, 5.74) is 2.64. The van der Waals surface area contributed by atoms with Crippen LogP contribution in [0.15, 0.2) is 48.5 Å². The largest absolute Gasteiger partial charge is 0.482 e. The Balaban J connectivity index is 1.82. The maximum atomic E-state index is 11.7. The molecule has 0 fully saturated rings. The van der Waals surface area contributed by atoms with Crippen molar-refractivity contribution >= 4 is 5.91 Å². The Morgan fingerprint density at radius 2 is 1.90 bits per heavy atom. The molecular weight excluding hydrogens is 264 g/mol. The number of benzene rings is 2. The Morgan fingerprint density at radius 3 is 2.62 bits per heavy atom. The Bertz CT molecular complexity index is 657. The van der Waals surface area contributed by atoms with Crippen LogP contribution < -0.4 is 10.1 Å². The second kappa shape index (κ2) is 7.11. The van der Waals surface area contributed by atoms with Gasteiger partial charge in [0, 0.05) is 6.54 Å². The fraction of sp³-hybridized carbons (Fsp3) is 0.176. The molecule has 106 valence electrons. The van der Waals surface area contributed by atoms with Crippen molar-refractivity contribution in [2.24, 2.45) is 0 Å². The summed E-state index contributed by atoms with van der Waals surface area (Å²) in [5, 5.41) is 11.7. The molecule has 4 nitrogen and oxygen atoms in total. The highest BCUT2D eigenvalue weighted by Crippen LogP contribution is 2.16. The molecule has 0 saturated carbocycles. The molecule has 21 heavy (non-hydrogen) atoms. The molecule has 0 saturated heterocycles. The van der Waals surface area contributed by atoms with E-state index in [9.17, 15) is 4.79 Å². The lowest BCUT2D eigenvalue weighted by atomic mass is 10.1. The first-order chi connectivity index (χ1) is 10.2. The molecule has 0 radical (unpaired) electrons. The van der Waals surface area contributed by atoms with E-state index in [4.69, 9.17) is 10.00 Å². The number of amides is 1. The van der Waals surface area contributed by atoms with Crippen LogP contribution in [0.2, 0.25) is 0 Å². The van der Waals surface area contributed by atoms with Gasteiger partial charge in [-0.05, 0) is 24.6 Å². The van der Waals surface area contributed by atoms with Crippen molar-refractivity contribution in [2.45, 2.75) is 13.5 Å². The van der Waals surface area contributed by atoms with Crippen LogP contribution >= 0.6 is 0 Å². The molecule has 2 aromatic rings. The summed E-state index contributed by atoms with van der Waals surface area (Å²) in [7, 11) is 0. The molecule has 1 amide bonds. The number of carbonyl (C=O) groups excluding carboxylic acids is 1. The third kappa shape index (κ3) is 4.36. The monoisotopic (exact) mass is 280 g/mol. The van der Waals surface area contributed by atoms with Gasteiger partial charge >= 0.3 is 0 Å². The topological polar surface area (TPSA) is 62.1 Å². The maximum Gasteiger partial charge on any atom is 0.258 e. The fourth-order valence-corrected chi connectivity index (χ4v) is 1.79. The fourth-order valence-electron chi connectivity index (χ4n) is 1.79. The van der Waals surface area contributed by atoms with Gasteiger partial charge in [0.25, 0.3) is 5.91 Å². The van der Waals surface area contributed by atoms with Crippen molar-refractivity contribution in [3.8, 4) is 11.8 Å². The number of para-hydroxylation sites is 1. The predicted octanol–water partition coefficient (Wildman–Crippen LogP) is 2.56. The van der Waals surface area contributed by atoms with E-state index < -0.39 is 0 Å². The van der Waals surface area contributed by atoms with Gasteiger partial charge in [-0.15, -0.1) is 0 Å². The SMILES string of the molecule is Cc1ccc(CNC(=O)COc2ccccc2C#N)cc1. The van der Waals surface area contributed by atoms with Crippen molar-refractivity contribution in [3.05, 3.63) is 65.2 Å². The number of hydrogen-bond donors (Lipinski definition) is 1. The van der Waals surface area contributed by atoms with Crippen molar-refractivity contribution in [1.29, 1.82) is 5.26 Å². The molecule has 0 unspecified atom stereocenters. The van der Waals surface area contributed by atoms with Gasteiger partial charge in [-0.1, -0.05) is 42.0 Å². The van der Waals surface area contributed by atoms with Crippen LogP contribution in [0, 0.1) is 18.3 Å². The van der Waals surface area contributed by atoms with E-state index >= 15 is 0 Å². The van der Waals surface area contributed by atoms with E-state index in [-0.39, 0.29) is 12.5 Å². The van der Waals surface area contributed by atoms with Crippen molar-refractivity contribution in [3.63, 3.8) is 0 Å². The molecule has 0 heterocycles. The predicted molar refractivity (Wildman–Crippen MR) is 79.7 cm³/mol. The Morgan fingerprint density at radius 1 is 1.19 bits per heavy atom. The zero-order chi connectivity index (χ0) is 15.1. The number of rotatable bonds is 5. The van der Waals surface area contributed by atoms with E-state index in [0.29, 0.717) is 17.9 Å². The maximum absolute atomic E-state index is 11.7. The Labute approximate surface area is 124 Å². The lowest BCUT2D eigenvalue weighted by Crippen LogP contribution is -2.28. The molecule has 2 rings (SSSR count). The number of aryl methyl sites for hydroxylation is 1. The third-order valence-electron chi connectivity index (χ3n) is 2.98. The van der Waals surface area contributed by atoms with Crippen LogP contribution in [0.5, 0.6) is 5.75 Å². The Kier molecular flexibility index (Phi) is 4.94. The number of ether oxygens (including phenoxy) is 1. The minimum atomic E-state index is -0.219. The van der Waals surface area contributed by atoms with Crippen LogP contribution in [-0.4, -0.2) is 12.5 Å². The molecule has 0 spiro atoms. The number of nitrogens with one attached hydrogen (secondary N) is 1. The summed E-state index contributed by atoms with van der Waals surface area (Å²) in [6, 6.07) is 16.8. The zero-order valence-corrected chi connectivity index (χ0v) is 11.8. The molecular formula is C17H16N2O2. The first-order valence-corrected chi connectivity index (χ1v) is 6.63. The Hall–Kier alpha value is -2.80. The second-order valence-electron chi connectivity index (χ2n) is 4.66. The molecule has 0 aromatic heterocycles. The van der Waals surface area contributed by atoms with E-state index in [1.54, 1.807) is 24.3 Å². The molecule has 0 bridgehead atoms. The minimum Gasteiger partial charge on any atom is -0.482 e. The standard InChI is InChI=1S/C17H16N2O2/c1-13-6-8-14(9-7-13)11-19-17(20)12-21-16-5-3-2-4-15(16)10-18/h2-9H,11-12H2,1H3,(H,19,20). The number of nitrogens with zero attached hydrogens (tertiary/aromatic N) is 1. The summed E-state index contributed by atoms with van der Waals surface area (Å²) in [5.74, 6) is 0.203. The van der Waals surface area contributed by atoms with E-state index in [2.05, 4.69) is 5.32 Å². The zero-order valence-electron chi connectivity index (χ0n) is 11.8. The highest BCUT2D eigenvalue weighted by molar-refractivity contribution is 5.77. The van der Waals surface area contributed by atoms with Crippen molar-refractivity contribution in [2.75, 3.05) is 6.61 Å². The van der Waals surface area contributed by atoms with Crippen LogP contribution in [0.25, 0.3) is 0 Å². The first kappa shape index (κ1) is 14.6. The summed E-state index contributed by atoms with van der Waals surface area (Å²) in [6.07, 6.45) is 0. The lowest BCUT2D eigenvalue weighted by molar-refractivity contribution is -0.123. The lowest BCUT2D eigenvalue weighted by Gasteiger charge is -2.08. The van der Waals surface area contributed by atoms with Gasteiger partial charge in [0.15, 0.2) is 6.61 Å². The van der Waals surface area contributed by atoms with Crippen LogP contribution in [0.4, 0.5) is 0 Å². The molecule has 2 aromatic carbocycles. The average molecular weight is 280 g/mol. The third-order valence-corrected chi connectivity index (χ3v) is 2.98. The average Bonchev–Trinajstić information content (AvgIpc) is 2.52. The quantitative estimate of drug-likeness (QED) is 0.915. The van der Waals surface area contributed by atoms with Crippen molar-refractivity contribution in [1.82, 2.24) is 5.32 Å². The van der Waals surface area contributed by atoms with E-state index in [0.717, 1.165) is 5.56 Å². The van der Waals surface area contributed by atoms with Crippen LogP contribution in [0.1, 0.15) is 16.7 Å².